The number of rotatable bonds is 7. The molecular formula is C21H17F2N3O4S. The summed E-state index contributed by atoms with van der Waals surface area (Å²) >= 11 is 0.684. The molecule has 0 aliphatic carbocycles. The van der Waals surface area contributed by atoms with Gasteiger partial charge in [0.05, 0.1) is 17.0 Å². The van der Waals surface area contributed by atoms with Gasteiger partial charge in [0.1, 0.15) is 11.6 Å². The molecule has 1 aliphatic heterocycles. The summed E-state index contributed by atoms with van der Waals surface area (Å²) in [6, 6.07) is 11.2. The molecule has 0 saturated carbocycles. The van der Waals surface area contributed by atoms with E-state index in [0.29, 0.717) is 11.8 Å². The average molecular weight is 445 g/mol. The number of amides is 4. The third-order valence-corrected chi connectivity index (χ3v) is 5.16. The fraction of sp³-hybridized carbons (Fsp3) is 0.143. The minimum absolute atomic E-state index is 0.0422. The molecule has 3 rings (SSSR count). The summed E-state index contributed by atoms with van der Waals surface area (Å²) in [5.41, 5.74) is 0.00153. The molecule has 0 atom stereocenters. The van der Waals surface area contributed by atoms with Crippen LogP contribution in [0.15, 0.2) is 53.4 Å². The Kier molecular flexibility index (Phi) is 7.14. The van der Waals surface area contributed by atoms with E-state index in [1.165, 1.54) is 42.5 Å². The van der Waals surface area contributed by atoms with Crippen LogP contribution >= 0.6 is 11.8 Å². The number of halogens is 2. The first-order valence-corrected chi connectivity index (χ1v) is 9.98. The molecule has 1 saturated heterocycles. The van der Waals surface area contributed by atoms with Crippen molar-refractivity contribution in [2.75, 3.05) is 19.6 Å². The summed E-state index contributed by atoms with van der Waals surface area (Å²) in [6.45, 7) is -0.534. The molecule has 7 nitrogen and oxygen atoms in total. The van der Waals surface area contributed by atoms with Crippen LogP contribution in [-0.4, -0.2) is 47.5 Å². The maximum absolute atomic E-state index is 13.8. The lowest BCUT2D eigenvalue weighted by molar-refractivity contribution is -0.124. The quantitative estimate of drug-likeness (QED) is 0.639. The molecule has 1 heterocycles. The molecule has 10 heteroatoms. The van der Waals surface area contributed by atoms with Crippen LogP contribution in [0.2, 0.25) is 0 Å². The lowest BCUT2D eigenvalue weighted by Crippen LogP contribution is -2.41. The van der Waals surface area contributed by atoms with Crippen molar-refractivity contribution in [2.24, 2.45) is 0 Å². The number of nitrogens with one attached hydrogen (secondary N) is 2. The molecule has 2 aromatic rings. The summed E-state index contributed by atoms with van der Waals surface area (Å²) < 4.78 is 27.3. The molecule has 0 aromatic heterocycles. The zero-order valence-corrected chi connectivity index (χ0v) is 16.9. The molecule has 0 unspecified atom stereocenters. The molecule has 1 fully saturated rings. The van der Waals surface area contributed by atoms with Crippen molar-refractivity contribution in [3.63, 3.8) is 0 Å². The lowest BCUT2D eigenvalue weighted by atomic mass is 10.2. The zero-order chi connectivity index (χ0) is 22.4. The Labute approximate surface area is 180 Å². The number of thioether (sulfide) groups is 1. The van der Waals surface area contributed by atoms with Crippen molar-refractivity contribution in [3.8, 4) is 0 Å². The molecule has 0 bridgehead atoms. The van der Waals surface area contributed by atoms with Gasteiger partial charge in [-0.05, 0) is 36.0 Å². The second-order valence-corrected chi connectivity index (χ2v) is 7.36. The molecular weight excluding hydrogens is 428 g/mol. The Morgan fingerprint density at radius 1 is 0.968 bits per heavy atom. The number of hydrogen-bond acceptors (Lipinski definition) is 5. The molecule has 4 amide bonds. The number of hydrogen-bond donors (Lipinski definition) is 2. The first-order valence-electron chi connectivity index (χ1n) is 9.16. The molecule has 0 radical (unpaired) electrons. The van der Waals surface area contributed by atoms with Crippen molar-refractivity contribution in [2.45, 2.75) is 0 Å². The predicted octanol–water partition coefficient (Wildman–Crippen LogP) is 2.55. The van der Waals surface area contributed by atoms with Crippen LogP contribution in [0.3, 0.4) is 0 Å². The van der Waals surface area contributed by atoms with E-state index in [9.17, 15) is 28.0 Å². The zero-order valence-electron chi connectivity index (χ0n) is 16.1. The first kappa shape index (κ1) is 22.2. The number of imide groups is 1. The standard InChI is InChI=1S/C21H17F2N3O4S/c22-15-7-3-1-5-13(15)11-17-20(29)26(21(30)31-17)10-9-24-18(27)12-25-19(28)14-6-2-4-8-16(14)23/h1-8,11H,9-10,12H2,(H,24,27)(H,25,28)/b17-11-. The maximum atomic E-state index is 13.8. The first-order chi connectivity index (χ1) is 14.9. The summed E-state index contributed by atoms with van der Waals surface area (Å²) in [4.78, 5) is 49.3. The van der Waals surface area contributed by atoms with E-state index in [2.05, 4.69) is 10.6 Å². The Bertz CT molecular complexity index is 1070. The van der Waals surface area contributed by atoms with Gasteiger partial charge < -0.3 is 10.6 Å². The van der Waals surface area contributed by atoms with Crippen LogP contribution in [0.25, 0.3) is 6.08 Å². The fourth-order valence-corrected chi connectivity index (χ4v) is 3.55. The van der Waals surface area contributed by atoms with Gasteiger partial charge in [-0.3, -0.25) is 24.1 Å². The van der Waals surface area contributed by atoms with E-state index in [0.717, 1.165) is 11.0 Å². The van der Waals surface area contributed by atoms with Gasteiger partial charge in [-0.15, -0.1) is 0 Å². The third-order valence-electron chi connectivity index (χ3n) is 4.25. The Balaban J connectivity index is 1.48. The molecule has 0 spiro atoms. The third kappa shape index (κ3) is 5.54. The van der Waals surface area contributed by atoms with E-state index >= 15 is 0 Å². The van der Waals surface area contributed by atoms with E-state index in [4.69, 9.17) is 0 Å². The van der Waals surface area contributed by atoms with Gasteiger partial charge in [0, 0.05) is 18.7 Å². The van der Waals surface area contributed by atoms with Gasteiger partial charge in [0.2, 0.25) is 5.91 Å². The molecule has 2 aromatic carbocycles. The van der Waals surface area contributed by atoms with Crippen molar-refractivity contribution in [1.82, 2.24) is 15.5 Å². The van der Waals surface area contributed by atoms with Crippen LogP contribution in [-0.2, 0) is 9.59 Å². The van der Waals surface area contributed by atoms with Gasteiger partial charge in [-0.1, -0.05) is 30.3 Å². The minimum Gasteiger partial charge on any atom is -0.353 e. The van der Waals surface area contributed by atoms with Crippen molar-refractivity contribution in [1.29, 1.82) is 0 Å². The largest absolute Gasteiger partial charge is 0.353 e. The highest BCUT2D eigenvalue weighted by Gasteiger charge is 2.34. The van der Waals surface area contributed by atoms with Gasteiger partial charge in [-0.2, -0.15) is 0 Å². The van der Waals surface area contributed by atoms with Gasteiger partial charge in [-0.25, -0.2) is 8.78 Å². The summed E-state index contributed by atoms with van der Waals surface area (Å²) in [5.74, 6) is -3.11. The number of nitrogens with zero attached hydrogens (tertiary/aromatic N) is 1. The second kappa shape index (κ2) is 9.98. The van der Waals surface area contributed by atoms with Gasteiger partial charge in [0.15, 0.2) is 0 Å². The normalized spacial score (nSPS) is 14.8. The van der Waals surface area contributed by atoms with Crippen molar-refractivity contribution in [3.05, 3.63) is 76.2 Å². The average Bonchev–Trinajstić information content (AvgIpc) is 3.01. The van der Waals surface area contributed by atoms with E-state index in [1.807, 2.05) is 0 Å². The Morgan fingerprint density at radius 3 is 2.35 bits per heavy atom. The van der Waals surface area contributed by atoms with Gasteiger partial charge in [0.25, 0.3) is 17.1 Å². The van der Waals surface area contributed by atoms with Crippen LogP contribution in [0.1, 0.15) is 15.9 Å². The lowest BCUT2D eigenvalue weighted by Gasteiger charge is -2.13. The summed E-state index contributed by atoms with van der Waals surface area (Å²) in [7, 11) is 0. The highest BCUT2D eigenvalue weighted by molar-refractivity contribution is 8.18. The van der Waals surface area contributed by atoms with E-state index < -0.39 is 41.1 Å². The molecule has 160 valence electrons. The SMILES string of the molecule is O=C(CNC(=O)c1ccccc1F)NCCN1C(=O)S/C(=C\c2ccccc2F)C1=O. The smallest absolute Gasteiger partial charge is 0.293 e. The number of benzene rings is 2. The second-order valence-electron chi connectivity index (χ2n) is 6.37. The van der Waals surface area contributed by atoms with Crippen LogP contribution in [0.4, 0.5) is 13.6 Å². The minimum atomic E-state index is -0.738. The number of carbonyl (C=O) groups is 4. The van der Waals surface area contributed by atoms with Crippen molar-refractivity contribution < 1.29 is 28.0 Å². The van der Waals surface area contributed by atoms with Crippen LogP contribution in [0.5, 0.6) is 0 Å². The number of carbonyl (C=O) groups excluding carboxylic acids is 4. The van der Waals surface area contributed by atoms with Gasteiger partial charge >= 0.3 is 0 Å². The predicted molar refractivity (Wildman–Crippen MR) is 111 cm³/mol. The van der Waals surface area contributed by atoms with E-state index in [1.54, 1.807) is 6.07 Å². The molecule has 1 aliphatic rings. The molecule has 2 N–H and O–H groups in total. The summed E-state index contributed by atoms with van der Waals surface area (Å²) in [5, 5.41) is 4.22. The Morgan fingerprint density at radius 2 is 1.65 bits per heavy atom. The maximum Gasteiger partial charge on any atom is 0.293 e. The summed E-state index contributed by atoms with van der Waals surface area (Å²) in [6.07, 6.45) is 1.30. The monoisotopic (exact) mass is 445 g/mol. The van der Waals surface area contributed by atoms with Crippen molar-refractivity contribution >= 4 is 40.8 Å². The highest BCUT2D eigenvalue weighted by atomic mass is 32.2. The topological polar surface area (TPSA) is 95.6 Å². The Hall–Kier alpha value is -3.53. The van der Waals surface area contributed by atoms with E-state index in [-0.39, 0.29) is 29.1 Å². The van der Waals surface area contributed by atoms with Crippen LogP contribution in [0, 0.1) is 11.6 Å². The molecule has 31 heavy (non-hydrogen) atoms. The fourth-order valence-electron chi connectivity index (χ4n) is 2.70. The highest BCUT2D eigenvalue weighted by Crippen LogP contribution is 2.32. The van der Waals surface area contributed by atoms with Crippen LogP contribution < -0.4 is 10.6 Å².